The number of hydrazine groups is 1. The van der Waals surface area contributed by atoms with Crippen molar-refractivity contribution in [3.05, 3.63) is 48.4 Å². The minimum atomic E-state index is -0.809. The van der Waals surface area contributed by atoms with E-state index in [1.54, 1.807) is 37.3 Å². The van der Waals surface area contributed by atoms with Crippen molar-refractivity contribution < 1.29 is 19.1 Å². The van der Waals surface area contributed by atoms with Crippen molar-refractivity contribution in [1.82, 2.24) is 25.8 Å². The molecule has 9 heteroatoms. The Kier molecular flexibility index (Phi) is 5.50. The topological polar surface area (TPSA) is 118 Å². The average Bonchev–Trinajstić information content (AvgIpc) is 3.15. The second kappa shape index (κ2) is 8.17. The van der Waals surface area contributed by atoms with E-state index in [1.165, 1.54) is 12.5 Å². The molecule has 0 aliphatic carbocycles. The summed E-state index contributed by atoms with van der Waals surface area (Å²) in [6.07, 6.45) is 2.06. The van der Waals surface area contributed by atoms with Gasteiger partial charge in [-0.3, -0.25) is 20.4 Å². The van der Waals surface area contributed by atoms with Crippen molar-refractivity contribution in [3.63, 3.8) is 0 Å². The molecule has 2 amide bonds. The summed E-state index contributed by atoms with van der Waals surface area (Å²) in [6.45, 7) is 4.05. The number of aromatic amines is 1. The van der Waals surface area contributed by atoms with Gasteiger partial charge >= 0.3 is 0 Å². The number of hydrogen-bond acceptors (Lipinski definition) is 6. The summed E-state index contributed by atoms with van der Waals surface area (Å²) in [4.78, 5) is 35.2. The summed E-state index contributed by atoms with van der Waals surface area (Å²) >= 11 is 0. The van der Waals surface area contributed by atoms with E-state index in [-0.39, 0.29) is 5.56 Å². The third-order valence-corrected chi connectivity index (χ3v) is 3.65. The number of fused-ring (bicyclic) bond motifs is 1. The molecule has 1 aromatic carbocycles. The molecule has 9 nitrogen and oxygen atoms in total. The number of H-pyrrole nitrogens is 1. The maximum Gasteiger partial charge on any atom is 0.279 e. The first-order valence-corrected chi connectivity index (χ1v) is 8.35. The maximum atomic E-state index is 12.1. The largest absolute Gasteiger partial charge is 0.494 e. The van der Waals surface area contributed by atoms with Gasteiger partial charge in [0.25, 0.3) is 11.8 Å². The number of imidazole rings is 1. The molecular weight excluding hydrogens is 350 g/mol. The van der Waals surface area contributed by atoms with Gasteiger partial charge in [-0.15, -0.1) is 0 Å². The summed E-state index contributed by atoms with van der Waals surface area (Å²) in [5.74, 6) is 0.242. The first kappa shape index (κ1) is 18.2. The summed E-state index contributed by atoms with van der Waals surface area (Å²) in [6, 6.07) is 8.52. The highest BCUT2D eigenvalue weighted by Crippen LogP contribution is 2.18. The summed E-state index contributed by atoms with van der Waals surface area (Å²) in [5.41, 5.74) is 6.09. The molecule has 0 saturated heterocycles. The Morgan fingerprint density at radius 1 is 1.15 bits per heavy atom. The Morgan fingerprint density at radius 2 is 1.89 bits per heavy atom. The van der Waals surface area contributed by atoms with E-state index in [0.29, 0.717) is 23.5 Å². The molecule has 2 aromatic heterocycles. The normalized spacial score (nSPS) is 11.6. The monoisotopic (exact) mass is 369 g/mol. The van der Waals surface area contributed by atoms with Gasteiger partial charge in [0.15, 0.2) is 11.8 Å². The van der Waals surface area contributed by atoms with E-state index in [0.717, 1.165) is 5.75 Å². The van der Waals surface area contributed by atoms with Gasteiger partial charge in [-0.1, -0.05) is 0 Å². The number of carbonyl (C=O) groups excluding carboxylic acids is 2. The highest BCUT2D eigenvalue weighted by molar-refractivity contribution is 5.97. The van der Waals surface area contributed by atoms with Crippen LogP contribution in [0.15, 0.2) is 42.9 Å². The smallest absolute Gasteiger partial charge is 0.279 e. The van der Waals surface area contributed by atoms with E-state index in [4.69, 9.17) is 9.47 Å². The van der Waals surface area contributed by atoms with Crippen molar-refractivity contribution in [2.75, 3.05) is 6.61 Å². The van der Waals surface area contributed by atoms with Crippen LogP contribution in [0.5, 0.6) is 11.5 Å². The highest BCUT2D eigenvalue weighted by Gasteiger charge is 2.16. The van der Waals surface area contributed by atoms with Gasteiger partial charge < -0.3 is 14.5 Å². The van der Waals surface area contributed by atoms with Gasteiger partial charge in [-0.25, -0.2) is 9.97 Å². The number of aromatic nitrogens is 3. The van der Waals surface area contributed by atoms with Crippen LogP contribution in [-0.2, 0) is 4.79 Å². The summed E-state index contributed by atoms with van der Waals surface area (Å²) < 4.78 is 10.9. The molecule has 0 bridgehead atoms. The summed E-state index contributed by atoms with van der Waals surface area (Å²) in [7, 11) is 0. The minimum Gasteiger partial charge on any atom is -0.494 e. The number of hydrogen-bond donors (Lipinski definition) is 3. The number of nitrogens with zero attached hydrogens (tertiary/aromatic N) is 2. The molecule has 0 unspecified atom stereocenters. The second-order valence-electron chi connectivity index (χ2n) is 5.61. The van der Waals surface area contributed by atoms with Gasteiger partial charge in [-0.05, 0) is 44.2 Å². The number of carbonyl (C=O) groups is 2. The lowest BCUT2D eigenvalue weighted by molar-refractivity contribution is -0.128. The molecule has 3 aromatic rings. The molecule has 1 atom stereocenters. The Hall–Kier alpha value is -3.62. The lowest BCUT2D eigenvalue weighted by Crippen LogP contribution is -2.47. The standard InChI is InChI=1S/C18H19N5O4/c1-3-26-13-4-6-14(7-5-13)27-11(2)17(24)22-23-18(25)12-8-15-16(19-9-12)21-10-20-15/h4-11H,3H2,1-2H3,(H,22,24)(H,23,25)(H,19,20,21)/t11-/m0/s1. The number of rotatable bonds is 6. The third-order valence-electron chi connectivity index (χ3n) is 3.65. The molecule has 0 aliphatic rings. The van der Waals surface area contributed by atoms with Crippen molar-refractivity contribution >= 4 is 23.0 Å². The van der Waals surface area contributed by atoms with Crippen LogP contribution in [0.3, 0.4) is 0 Å². The first-order chi connectivity index (χ1) is 13.1. The maximum absolute atomic E-state index is 12.1. The van der Waals surface area contributed by atoms with E-state index in [2.05, 4.69) is 25.8 Å². The van der Waals surface area contributed by atoms with E-state index < -0.39 is 17.9 Å². The number of nitrogens with one attached hydrogen (secondary N) is 3. The fourth-order valence-electron chi connectivity index (χ4n) is 2.28. The van der Waals surface area contributed by atoms with Crippen LogP contribution in [-0.4, -0.2) is 39.5 Å². The van der Waals surface area contributed by atoms with Crippen molar-refractivity contribution in [2.45, 2.75) is 20.0 Å². The molecular formula is C18H19N5O4. The lowest BCUT2D eigenvalue weighted by atomic mass is 10.2. The zero-order valence-corrected chi connectivity index (χ0v) is 14.9. The number of amides is 2. The van der Waals surface area contributed by atoms with Crippen LogP contribution >= 0.6 is 0 Å². The zero-order valence-electron chi connectivity index (χ0n) is 14.9. The predicted molar refractivity (Wildman–Crippen MR) is 97.2 cm³/mol. The second-order valence-corrected chi connectivity index (χ2v) is 5.61. The molecule has 27 heavy (non-hydrogen) atoms. The number of pyridine rings is 1. The number of ether oxygens (including phenoxy) is 2. The van der Waals surface area contributed by atoms with E-state index in [9.17, 15) is 9.59 Å². The van der Waals surface area contributed by atoms with Gasteiger partial charge in [0.2, 0.25) is 0 Å². The molecule has 0 fully saturated rings. The molecule has 0 aliphatic heterocycles. The van der Waals surface area contributed by atoms with Crippen LogP contribution in [0, 0.1) is 0 Å². The Bertz CT molecular complexity index is 938. The van der Waals surface area contributed by atoms with Crippen LogP contribution in [0.2, 0.25) is 0 Å². The number of benzene rings is 1. The molecule has 0 spiro atoms. The Balaban J connectivity index is 1.52. The molecule has 2 heterocycles. The first-order valence-electron chi connectivity index (χ1n) is 8.35. The van der Waals surface area contributed by atoms with Crippen molar-refractivity contribution in [1.29, 1.82) is 0 Å². The van der Waals surface area contributed by atoms with Gasteiger partial charge in [0.05, 0.1) is 24.0 Å². The lowest BCUT2D eigenvalue weighted by Gasteiger charge is -2.15. The molecule has 0 radical (unpaired) electrons. The fourth-order valence-corrected chi connectivity index (χ4v) is 2.28. The van der Waals surface area contributed by atoms with E-state index in [1.807, 2.05) is 6.92 Å². The molecule has 3 rings (SSSR count). The molecule has 140 valence electrons. The van der Waals surface area contributed by atoms with Crippen LogP contribution in [0.25, 0.3) is 11.2 Å². The molecule has 3 N–H and O–H groups in total. The van der Waals surface area contributed by atoms with Gasteiger partial charge in [0.1, 0.15) is 11.5 Å². The van der Waals surface area contributed by atoms with Crippen LogP contribution in [0.1, 0.15) is 24.2 Å². The van der Waals surface area contributed by atoms with Crippen molar-refractivity contribution in [3.8, 4) is 11.5 Å². The highest BCUT2D eigenvalue weighted by atomic mass is 16.5. The summed E-state index contributed by atoms with van der Waals surface area (Å²) in [5, 5.41) is 0. The van der Waals surface area contributed by atoms with Crippen LogP contribution < -0.4 is 20.3 Å². The third kappa shape index (κ3) is 4.51. The predicted octanol–water partition coefficient (Wildman–Crippen LogP) is 1.59. The van der Waals surface area contributed by atoms with Crippen LogP contribution in [0.4, 0.5) is 0 Å². The van der Waals surface area contributed by atoms with Crippen molar-refractivity contribution in [2.24, 2.45) is 0 Å². The average molecular weight is 369 g/mol. The molecule has 0 saturated carbocycles. The minimum absolute atomic E-state index is 0.284. The quantitative estimate of drug-likeness (QED) is 0.568. The van der Waals surface area contributed by atoms with E-state index >= 15 is 0 Å². The fraction of sp³-hybridized carbons (Fsp3) is 0.222. The zero-order chi connectivity index (χ0) is 19.2. The van der Waals surface area contributed by atoms with Gasteiger partial charge in [0, 0.05) is 6.20 Å². The Labute approximate surface area is 155 Å². The Morgan fingerprint density at radius 3 is 2.63 bits per heavy atom. The van der Waals surface area contributed by atoms with Gasteiger partial charge in [-0.2, -0.15) is 0 Å². The SMILES string of the molecule is CCOc1ccc(O[C@@H](C)C(=O)NNC(=O)c2cnc3nc[nH]c3c2)cc1.